The van der Waals surface area contributed by atoms with E-state index in [0.29, 0.717) is 0 Å². The molecule has 0 saturated heterocycles. The van der Waals surface area contributed by atoms with E-state index < -0.39 is 9.05 Å². The van der Waals surface area contributed by atoms with Gasteiger partial charge in [-0.25, -0.2) is 8.42 Å². The van der Waals surface area contributed by atoms with Gasteiger partial charge in [0.05, 0.1) is 0 Å². The fraction of sp³-hybridized carbons (Fsp3) is 0.625. The lowest BCUT2D eigenvalue weighted by Gasteiger charge is -2.10. The van der Waals surface area contributed by atoms with Gasteiger partial charge in [0.1, 0.15) is 0 Å². The van der Waals surface area contributed by atoms with E-state index >= 15 is 0 Å². The van der Waals surface area contributed by atoms with Crippen molar-refractivity contribution in [3.63, 3.8) is 0 Å². The predicted molar refractivity (Wildman–Crippen MR) is 55.0 cm³/mol. The molecular weight excluding hydrogens is 224 g/mol. The van der Waals surface area contributed by atoms with Gasteiger partial charge in [-0.15, -0.1) is 0 Å². The summed E-state index contributed by atoms with van der Waals surface area (Å²) in [5.41, 5.74) is 0.804. The van der Waals surface area contributed by atoms with Crippen LogP contribution in [0.2, 0.25) is 0 Å². The zero-order valence-electron chi connectivity index (χ0n) is 8.36. The van der Waals surface area contributed by atoms with Crippen LogP contribution in [0.4, 0.5) is 0 Å². The number of aryl methyl sites for hydroxylation is 1. The molecule has 4 nitrogen and oxygen atoms in total. The van der Waals surface area contributed by atoms with E-state index in [2.05, 4.69) is 5.10 Å². The van der Waals surface area contributed by atoms with Gasteiger partial charge in [-0.3, -0.25) is 4.68 Å². The summed E-state index contributed by atoms with van der Waals surface area (Å²) in [6, 6.07) is 1.66. The van der Waals surface area contributed by atoms with Gasteiger partial charge in [-0.1, -0.05) is 6.92 Å². The minimum Gasteiger partial charge on any atom is -0.266 e. The highest BCUT2D eigenvalue weighted by Gasteiger charge is 2.17. The molecule has 80 valence electrons. The van der Waals surface area contributed by atoms with Crippen molar-refractivity contribution in [3.8, 4) is 0 Å². The molecule has 0 fully saturated rings. The topological polar surface area (TPSA) is 52.0 Å². The predicted octanol–water partition coefficient (Wildman–Crippen LogP) is 2.09. The van der Waals surface area contributed by atoms with Crippen molar-refractivity contribution in [3.05, 3.63) is 11.8 Å². The summed E-state index contributed by atoms with van der Waals surface area (Å²) in [6.07, 6.45) is 0.893. The normalized spacial score (nSPS) is 14.3. The monoisotopic (exact) mass is 236 g/mol. The fourth-order valence-corrected chi connectivity index (χ4v) is 1.92. The highest BCUT2D eigenvalue weighted by Crippen LogP contribution is 2.18. The van der Waals surface area contributed by atoms with Gasteiger partial charge in [0.25, 0.3) is 9.05 Å². The lowest BCUT2D eigenvalue weighted by atomic mass is 10.2. The number of hydrogen-bond donors (Lipinski definition) is 0. The average Bonchev–Trinajstić information content (AvgIpc) is 2.45. The Kier molecular flexibility index (Phi) is 3.21. The standard InChI is InChI=1S/C8H13ClN2O2S/c1-4-6(2)11-7(3)5-8(10-11)14(9,12)13/h5-6H,4H2,1-3H3. The average molecular weight is 237 g/mol. The van der Waals surface area contributed by atoms with Crippen LogP contribution in [-0.2, 0) is 9.05 Å². The molecule has 1 aromatic rings. The van der Waals surface area contributed by atoms with Crippen LogP contribution in [0, 0.1) is 6.92 Å². The largest absolute Gasteiger partial charge is 0.280 e. The van der Waals surface area contributed by atoms with Crippen molar-refractivity contribution in [1.29, 1.82) is 0 Å². The third-order valence-electron chi connectivity index (χ3n) is 2.16. The summed E-state index contributed by atoms with van der Waals surface area (Å²) in [5, 5.41) is 3.88. The zero-order chi connectivity index (χ0) is 10.9. The van der Waals surface area contributed by atoms with Crippen LogP contribution in [-0.4, -0.2) is 18.2 Å². The van der Waals surface area contributed by atoms with Gasteiger partial charge < -0.3 is 0 Å². The quantitative estimate of drug-likeness (QED) is 0.756. The van der Waals surface area contributed by atoms with E-state index in [4.69, 9.17) is 10.7 Å². The van der Waals surface area contributed by atoms with Crippen LogP contribution in [0.3, 0.4) is 0 Å². The Bertz CT molecular complexity index is 425. The zero-order valence-corrected chi connectivity index (χ0v) is 9.93. The molecule has 14 heavy (non-hydrogen) atoms. The Hall–Kier alpha value is -0.550. The minimum absolute atomic E-state index is 0.0723. The number of aromatic nitrogens is 2. The van der Waals surface area contributed by atoms with E-state index in [1.807, 2.05) is 20.8 Å². The van der Waals surface area contributed by atoms with E-state index in [-0.39, 0.29) is 11.1 Å². The Morgan fingerprint density at radius 2 is 2.21 bits per heavy atom. The molecule has 0 spiro atoms. The second-order valence-corrected chi connectivity index (χ2v) is 5.78. The SMILES string of the molecule is CCC(C)n1nc(S(=O)(=O)Cl)cc1C. The number of hydrogen-bond acceptors (Lipinski definition) is 3. The molecule has 1 atom stereocenters. The Labute approximate surface area is 88.3 Å². The van der Waals surface area contributed by atoms with Gasteiger partial charge in [-0.2, -0.15) is 5.10 Å². The van der Waals surface area contributed by atoms with Crippen molar-refractivity contribution in [2.45, 2.75) is 38.3 Å². The first-order valence-electron chi connectivity index (χ1n) is 4.37. The maximum absolute atomic E-state index is 11.0. The summed E-state index contributed by atoms with van der Waals surface area (Å²) in [6.45, 7) is 5.80. The van der Waals surface area contributed by atoms with Gasteiger partial charge in [0, 0.05) is 22.4 Å². The molecule has 0 saturated carbocycles. The van der Waals surface area contributed by atoms with Crippen LogP contribution in [0.15, 0.2) is 11.1 Å². The number of rotatable bonds is 3. The van der Waals surface area contributed by atoms with Crippen molar-refractivity contribution in [1.82, 2.24) is 9.78 Å². The second kappa shape index (κ2) is 3.90. The minimum atomic E-state index is -3.71. The number of nitrogens with zero attached hydrogens (tertiary/aromatic N) is 2. The van der Waals surface area contributed by atoms with Crippen LogP contribution in [0.5, 0.6) is 0 Å². The van der Waals surface area contributed by atoms with E-state index in [9.17, 15) is 8.42 Å². The molecule has 0 aromatic carbocycles. The first-order chi connectivity index (χ1) is 6.36. The number of halogens is 1. The summed E-state index contributed by atoms with van der Waals surface area (Å²) >= 11 is 0. The highest BCUT2D eigenvalue weighted by molar-refractivity contribution is 8.13. The Balaban J connectivity index is 3.18. The lowest BCUT2D eigenvalue weighted by Crippen LogP contribution is -2.08. The molecule has 1 heterocycles. The molecule has 6 heteroatoms. The van der Waals surface area contributed by atoms with E-state index in [1.165, 1.54) is 6.07 Å². The van der Waals surface area contributed by atoms with Crippen LogP contribution < -0.4 is 0 Å². The first kappa shape index (κ1) is 11.5. The van der Waals surface area contributed by atoms with Gasteiger partial charge in [0.2, 0.25) is 0 Å². The van der Waals surface area contributed by atoms with E-state index in [0.717, 1.165) is 12.1 Å². The third-order valence-corrected chi connectivity index (χ3v) is 3.33. The second-order valence-electron chi connectivity index (χ2n) is 3.26. The molecule has 0 bridgehead atoms. The van der Waals surface area contributed by atoms with Crippen LogP contribution in [0.1, 0.15) is 32.0 Å². The maximum atomic E-state index is 11.0. The Morgan fingerprint density at radius 3 is 2.57 bits per heavy atom. The molecule has 0 aliphatic rings. The van der Waals surface area contributed by atoms with Crippen molar-refractivity contribution in [2.75, 3.05) is 0 Å². The van der Waals surface area contributed by atoms with Gasteiger partial charge >= 0.3 is 0 Å². The van der Waals surface area contributed by atoms with Crippen molar-refractivity contribution in [2.24, 2.45) is 0 Å². The lowest BCUT2D eigenvalue weighted by molar-refractivity contribution is 0.458. The molecule has 1 rings (SSSR count). The van der Waals surface area contributed by atoms with E-state index in [1.54, 1.807) is 4.68 Å². The molecule has 1 aromatic heterocycles. The summed E-state index contributed by atoms with van der Waals surface area (Å²) < 4.78 is 23.7. The summed E-state index contributed by atoms with van der Waals surface area (Å²) in [7, 11) is 1.48. The molecular formula is C8H13ClN2O2S. The molecule has 0 aliphatic carbocycles. The highest BCUT2D eigenvalue weighted by atomic mass is 35.7. The smallest absolute Gasteiger partial charge is 0.266 e. The van der Waals surface area contributed by atoms with Crippen LogP contribution in [0.25, 0.3) is 0 Å². The molecule has 1 unspecified atom stereocenters. The van der Waals surface area contributed by atoms with Crippen LogP contribution >= 0.6 is 10.7 Å². The summed E-state index contributed by atoms with van der Waals surface area (Å²) in [5.74, 6) is 0. The Morgan fingerprint density at radius 1 is 1.64 bits per heavy atom. The molecule has 0 radical (unpaired) electrons. The molecule has 0 amide bonds. The third kappa shape index (κ3) is 2.27. The van der Waals surface area contributed by atoms with Crippen molar-refractivity contribution < 1.29 is 8.42 Å². The first-order valence-corrected chi connectivity index (χ1v) is 6.68. The molecule has 0 N–H and O–H groups in total. The maximum Gasteiger partial charge on any atom is 0.280 e. The van der Waals surface area contributed by atoms with Gasteiger partial charge in [0.15, 0.2) is 5.03 Å². The van der Waals surface area contributed by atoms with Crippen molar-refractivity contribution >= 4 is 19.7 Å². The summed E-state index contributed by atoms with van der Waals surface area (Å²) in [4.78, 5) is 0. The van der Waals surface area contributed by atoms with Gasteiger partial charge in [-0.05, 0) is 26.3 Å². The molecule has 0 aliphatic heterocycles. The fourth-order valence-electron chi connectivity index (χ4n) is 1.20.